The lowest BCUT2D eigenvalue weighted by molar-refractivity contribution is -0.384. The number of anilines is 1. The smallest absolute Gasteiger partial charge is 0.292 e. The first-order valence-corrected chi connectivity index (χ1v) is 5.43. The first-order chi connectivity index (χ1) is 8.50. The van der Waals surface area contributed by atoms with E-state index in [1.54, 1.807) is 0 Å². The molecule has 0 aromatic heterocycles. The highest BCUT2D eigenvalue weighted by molar-refractivity contribution is 5.72. The highest BCUT2D eigenvalue weighted by Crippen LogP contribution is 2.24. The molecule has 0 bridgehead atoms. The zero-order valence-corrected chi connectivity index (χ0v) is 9.90. The number of hydrogen-bond donors (Lipinski definition) is 2. The third kappa shape index (κ3) is 4.36. The number of carbonyl (C=O) groups is 1. The van der Waals surface area contributed by atoms with Gasteiger partial charge in [0.1, 0.15) is 11.5 Å². The number of rotatable bonds is 6. The van der Waals surface area contributed by atoms with Gasteiger partial charge in [-0.2, -0.15) is 0 Å². The topological polar surface area (TPSA) is 84.3 Å². The van der Waals surface area contributed by atoms with Crippen molar-refractivity contribution in [1.29, 1.82) is 0 Å². The van der Waals surface area contributed by atoms with Gasteiger partial charge in [-0.3, -0.25) is 14.9 Å². The van der Waals surface area contributed by atoms with Crippen molar-refractivity contribution in [2.24, 2.45) is 0 Å². The summed E-state index contributed by atoms with van der Waals surface area (Å²) in [6.45, 7) is 2.28. The maximum Gasteiger partial charge on any atom is 0.292 e. The van der Waals surface area contributed by atoms with E-state index in [2.05, 4.69) is 10.6 Å². The average Bonchev–Trinajstić information content (AvgIpc) is 2.27. The molecule has 0 unspecified atom stereocenters. The normalized spacial score (nSPS) is 9.89. The first-order valence-electron chi connectivity index (χ1n) is 5.43. The zero-order valence-electron chi connectivity index (χ0n) is 9.90. The fraction of sp³-hybridized carbons (Fsp3) is 0.364. The second-order valence-electron chi connectivity index (χ2n) is 3.68. The van der Waals surface area contributed by atoms with Gasteiger partial charge in [0, 0.05) is 32.1 Å². The fourth-order valence-electron chi connectivity index (χ4n) is 1.38. The Morgan fingerprint density at radius 2 is 2.17 bits per heavy atom. The Kier molecular flexibility index (Phi) is 5.04. The molecule has 0 aliphatic rings. The monoisotopic (exact) mass is 255 g/mol. The number of benzene rings is 1. The molecule has 7 heteroatoms. The van der Waals surface area contributed by atoms with E-state index in [0.717, 1.165) is 18.2 Å². The van der Waals surface area contributed by atoms with Crippen LogP contribution in [-0.4, -0.2) is 23.9 Å². The molecular weight excluding hydrogens is 241 g/mol. The van der Waals surface area contributed by atoms with Crippen molar-refractivity contribution in [3.8, 4) is 0 Å². The van der Waals surface area contributed by atoms with Crippen LogP contribution in [0.5, 0.6) is 0 Å². The molecule has 98 valence electrons. The summed E-state index contributed by atoms with van der Waals surface area (Å²) < 4.78 is 13.0. The summed E-state index contributed by atoms with van der Waals surface area (Å²) in [4.78, 5) is 20.7. The van der Waals surface area contributed by atoms with Gasteiger partial charge in [0.25, 0.3) is 5.69 Å². The molecule has 1 aromatic carbocycles. The van der Waals surface area contributed by atoms with E-state index in [1.165, 1.54) is 6.92 Å². The van der Waals surface area contributed by atoms with Gasteiger partial charge in [0.05, 0.1) is 4.92 Å². The predicted molar refractivity (Wildman–Crippen MR) is 64.8 cm³/mol. The molecule has 2 N–H and O–H groups in total. The molecule has 0 fully saturated rings. The molecule has 0 saturated carbocycles. The zero-order chi connectivity index (χ0) is 13.5. The van der Waals surface area contributed by atoms with Gasteiger partial charge in [-0.15, -0.1) is 0 Å². The molecular formula is C11H14FN3O3. The minimum absolute atomic E-state index is 0.133. The first kappa shape index (κ1) is 13.9. The van der Waals surface area contributed by atoms with Gasteiger partial charge < -0.3 is 10.6 Å². The molecule has 0 saturated heterocycles. The van der Waals surface area contributed by atoms with Crippen LogP contribution >= 0.6 is 0 Å². The van der Waals surface area contributed by atoms with Crippen LogP contribution in [0.2, 0.25) is 0 Å². The Morgan fingerprint density at radius 1 is 1.44 bits per heavy atom. The number of nitrogens with one attached hydrogen (secondary N) is 2. The van der Waals surface area contributed by atoms with Crippen molar-refractivity contribution < 1.29 is 14.1 Å². The molecule has 0 aliphatic heterocycles. The third-order valence-corrected chi connectivity index (χ3v) is 2.20. The largest absolute Gasteiger partial charge is 0.379 e. The Bertz CT molecular complexity index is 451. The lowest BCUT2D eigenvalue weighted by Gasteiger charge is -2.07. The van der Waals surface area contributed by atoms with Crippen LogP contribution in [0, 0.1) is 15.9 Å². The summed E-state index contributed by atoms with van der Waals surface area (Å²) >= 11 is 0. The van der Waals surface area contributed by atoms with Crippen molar-refractivity contribution in [1.82, 2.24) is 5.32 Å². The number of amides is 1. The number of carbonyl (C=O) groups excluding carboxylic acids is 1. The maximum atomic E-state index is 13.0. The Hall–Kier alpha value is -2.18. The predicted octanol–water partition coefficient (Wildman–Crippen LogP) is 1.67. The van der Waals surface area contributed by atoms with E-state index in [1.807, 2.05) is 0 Å². The van der Waals surface area contributed by atoms with Gasteiger partial charge in [-0.25, -0.2) is 4.39 Å². The van der Waals surface area contributed by atoms with Crippen LogP contribution in [0.4, 0.5) is 15.8 Å². The van der Waals surface area contributed by atoms with E-state index in [-0.39, 0.29) is 17.3 Å². The summed E-state index contributed by atoms with van der Waals surface area (Å²) in [6, 6.07) is 3.24. The summed E-state index contributed by atoms with van der Waals surface area (Å²) in [6.07, 6.45) is 0.591. The van der Waals surface area contributed by atoms with Gasteiger partial charge >= 0.3 is 0 Å². The summed E-state index contributed by atoms with van der Waals surface area (Å²) in [7, 11) is 0. The van der Waals surface area contributed by atoms with Crippen molar-refractivity contribution in [3.05, 3.63) is 34.1 Å². The molecule has 18 heavy (non-hydrogen) atoms. The van der Waals surface area contributed by atoms with Gasteiger partial charge in [0.2, 0.25) is 5.91 Å². The molecule has 6 nitrogen and oxygen atoms in total. The summed E-state index contributed by atoms with van der Waals surface area (Å²) in [5.74, 6) is -0.670. The minimum Gasteiger partial charge on any atom is -0.379 e. The van der Waals surface area contributed by atoms with Crippen LogP contribution in [-0.2, 0) is 4.79 Å². The van der Waals surface area contributed by atoms with Crippen molar-refractivity contribution in [3.63, 3.8) is 0 Å². The molecule has 1 amide bonds. The maximum absolute atomic E-state index is 13.0. The highest BCUT2D eigenvalue weighted by Gasteiger charge is 2.13. The Balaban J connectivity index is 2.53. The lowest BCUT2D eigenvalue weighted by Crippen LogP contribution is -2.22. The van der Waals surface area contributed by atoms with Crippen molar-refractivity contribution in [2.75, 3.05) is 18.4 Å². The number of nitrogens with zero attached hydrogens (tertiary/aromatic N) is 1. The number of nitro benzene ring substituents is 1. The average molecular weight is 255 g/mol. The molecule has 1 aromatic rings. The van der Waals surface area contributed by atoms with E-state index < -0.39 is 10.7 Å². The Labute approximate surface area is 103 Å². The summed E-state index contributed by atoms with van der Waals surface area (Å²) in [5, 5.41) is 16.1. The quantitative estimate of drug-likeness (QED) is 0.460. The van der Waals surface area contributed by atoms with Crippen LogP contribution in [0.15, 0.2) is 18.2 Å². The molecule has 0 aliphatic carbocycles. The van der Waals surface area contributed by atoms with E-state index in [0.29, 0.717) is 19.5 Å². The van der Waals surface area contributed by atoms with Crippen LogP contribution in [0.3, 0.4) is 0 Å². The fourth-order valence-corrected chi connectivity index (χ4v) is 1.38. The minimum atomic E-state index is -0.574. The summed E-state index contributed by atoms with van der Waals surface area (Å²) in [5.41, 5.74) is -0.0289. The SMILES string of the molecule is CC(=O)NCCCNc1cc(F)ccc1[N+](=O)[O-]. The molecule has 0 heterocycles. The van der Waals surface area contributed by atoms with Gasteiger partial charge in [-0.05, 0) is 12.5 Å². The standard InChI is InChI=1S/C11H14FN3O3/c1-8(16)13-5-2-6-14-10-7-9(12)3-4-11(10)15(17)18/h3-4,7,14H,2,5-6H2,1H3,(H,13,16). The second kappa shape index (κ2) is 6.53. The van der Waals surface area contributed by atoms with Crippen molar-refractivity contribution in [2.45, 2.75) is 13.3 Å². The van der Waals surface area contributed by atoms with Gasteiger partial charge in [-0.1, -0.05) is 0 Å². The van der Waals surface area contributed by atoms with E-state index in [9.17, 15) is 19.3 Å². The number of nitro groups is 1. The molecule has 1 rings (SSSR count). The second-order valence-corrected chi connectivity index (χ2v) is 3.68. The molecule has 0 atom stereocenters. The lowest BCUT2D eigenvalue weighted by atomic mass is 10.2. The van der Waals surface area contributed by atoms with Crippen LogP contribution in [0.1, 0.15) is 13.3 Å². The molecule has 0 spiro atoms. The third-order valence-electron chi connectivity index (χ3n) is 2.20. The van der Waals surface area contributed by atoms with Crippen LogP contribution < -0.4 is 10.6 Å². The van der Waals surface area contributed by atoms with Gasteiger partial charge in [0.15, 0.2) is 0 Å². The van der Waals surface area contributed by atoms with Crippen molar-refractivity contribution >= 4 is 17.3 Å². The highest BCUT2D eigenvalue weighted by atomic mass is 19.1. The van der Waals surface area contributed by atoms with Crippen LogP contribution in [0.25, 0.3) is 0 Å². The van der Waals surface area contributed by atoms with E-state index in [4.69, 9.17) is 0 Å². The van der Waals surface area contributed by atoms with E-state index >= 15 is 0 Å². The Morgan fingerprint density at radius 3 is 2.78 bits per heavy atom. The number of halogens is 1. The number of hydrogen-bond acceptors (Lipinski definition) is 4. The molecule has 0 radical (unpaired) electrons.